The highest BCUT2D eigenvalue weighted by Crippen LogP contribution is 2.45. The second-order valence-electron chi connectivity index (χ2n) is 6.70. The average molecular weight is 318 g/mol. The maximum atomic E-state index is 12.6. The maximum absolute atomic E-state index is 12.6. The van der Waals surface area contributed by atoms with Crippen molar-refractivity contribution in [2.45, 2.75) is 24.8 Å². The Balaban J connectivity index is 1.89. The largest absolute Gasteiger partial charge is 0.381 e. The fraction of sp³-hybridized carbons (Fsp3) is 0.300. The number of rotatable bonds is 0. The molecule has 3 aromatic rings. The molecular formula is C20H18N2O2. The number of ether oxygens (including phenoxy) is 1. The molecule has 0 unspecified atom stereocenters. The Morgan fingerprint density at radius 3 is 2.62 bits per heavy atom. The Morgan fingerprint density at radius 1 is 1.00 bits per heavy atom. The zero-order chi connectivity index (χ0) is 16.1. The number of fused-ring (bicyclic) bond motifs is 6. The molecule has 120 valence electrons. The van der Waals surface area contributed by atoms with Gasteiger partial charge in [0.25, 0.3) is 5.56 Å². The topological polar surface area (TPSA) is 44.1 Å². The minimum absolute atomic E-state index is 0.123. The molecule has 3 heterocycles. The Morgan fingerprint density at radius 2 is 1.75 bits per heavy atom. The highest BCUT2D eigenvalue weighted by molar-refractivity contribution is 5.78. The monoisotopic (exact) mass is 318 g/mol. The summed E-state index contributed by atoms with van der Waals surface area (Å²) in [6.45, 7) is 2.18. The number of hydrogen-bond acceptors (Lipinski definition) is 3. The number of aromatic nitrogens is 2. The summed E-state index contributed by atoms with van der Waals surface area (Å²) in [5.41, 5.74) is 3.28. The van der Waals surface area contributed by atoms with Crippen LogP contribution in [0.25, 0.3) is 10.9 Å². The van der Waals surface area contributed by atoms with Crippen molar-refractivity contribution in [1.29, 1.82) is 0 Å². The van der Waals surface area contributed by atoms with E-state index in [0.717, 1.165) is 30.7 Å². The summed E-state index contributed by atoms with van der Waals surface area (Å²) < 4.78 is 7.87. The third-order valence-electron chi connectivity index (χ3n) is 5.52. The van der Waals surface area contributed by atoms with Gasteiger partial charge >= 0.3 is 0 Å². The molecule has 2 aliphatic heterocycles. The van der Waals surface area contributed by atoms with E-state index in [1.165, 1.54) is 11.1 Å². The molecule has 24 heavy (non-hydrogen) atoms. The van der Waals surface area contributed by atoms with Crippen LogP contribution < -0.4 is 5.56 Å². The molecule has 4 nitrogen and oxygen atoms in total. The first kappa shape index (κ1) is 13.9. The number of hydrogen-bond donors (Lipinski definition) is 0. The van der Waals surface area contributed by atoms with Gasteiger partial charge in [-0.05, 0) is 36.1 Å². The molecule has 0 radical (unpaired) electrons. The van der Waals surface area contributed by atoms with Crippen molar-refractivity contribution in [3.05, 3.63) is 75.8 Å². The van der Waals surface area contributed by atoms with Crippen molar-refractivity contribution in [3.8, 4) is 0 Å². The van der Waals surface area contributed by atoms with E-state index in [9.17, 15) is 4.79 Å². The Hall–Kier alpha value is -2.46. The third-order valence-corrected chi connectivity index (χ3v) is 5.52. The van der Waals surface area contributed by atoms with Crippen LogP contribution in [0.3, 0.4) is 0 Å². The molecular weight excluding hydrogens is 300 g/mol. The number of nitrogens with zero attached hydrogens (tertiary/aromatic N) is 2. The SMILES string of the molecule is O=c1nc2n(c3ccccc13)Cc1ccccc1C21CCOCC1. The summed E-state index contributed by atoms with van der Waals surface area (Å²) in [4.78, 5) is 17.2. The standard InChI is InChI=1S/C20H18N2O2/c23-18-15-6-2-4-8-17(15)22-13-14-5-1-3-7-16(14)20(19(22)21-18)9-11-24-12-10-20/h1-8H,9-13H2. The first-order valence-corrected chi connectivity index (χ1v) is 8.46. The number of para-hydroxylation sites is 1. The zero-order valence-corrected chi connectivity index (χ0v) is 13.4. The van der Waals surface area contributed by atoms with Crippen LogP contribution in [-0.2, 0) is 16.7 Å². The van der Waals surface area contributed by atoms with E-state index in [2.05, 4.69) is 33.8 Å². The van der Waals surface area contributed by atoms with Crippen LogP contribution in [0.5, 0.6) is 0 Å². The lowest BCUT2D eigenvalue weighted by Crippen LogP contribution is -2.43. The zero-order valence-electron chi connectivity index (χ0n) is 13.4. The van der Waals surface area contributed by atoms with E-state index in [1.807, 2.05) is 24.3 Å². The second kappa shape index (κ2) is 5.02. The molecule has 1 spiro atoms. The summed E-state index contributed by atoms with van der Waals surface area (Å²) in [6, 6.07) is 16.4. The van der Waals surface area contributed by atoms with Crippen LogP contribution in [0.1, 0.15) is 29.8 Å². The third kappa shape index (κ3) is 1.77. The van der Waals surface area contributed by atoms with Crippen LogP contribution >= 0.6 is 0 Å². The molecule has 2 aromatic carbocycles. The molecule has 1 fully saturated rings. The molecule has 1 aromatic heterocycles. The van der Waals surface area contributed by atoms with Gasteiger partial charge in [-0.3, -0.25) is 4.79 Å². The van der Waals surface area contributed by atoms with Gasteiger partial charge in [-0.1, -0.05) is 36.4 Å². The molecule has 0 bridgehead atoms. The molecule has 0 atom stereocenters. The molecule has 5 rings (SSSR count). The molecule has 0 amide bonds. The van der Waals surface area contributed by atoms with Gasteiger partial charge in [-0.15, -0.1) is 0 Å². The van der Waals surface area contributed by atoms with E-state index in [0.29, 0.717) is 18.6 Å². The van der Waals surface area contributed by atoms with E-state index >= 15 is 0 Å². The summed E-state index contributed by atoms with van der Waals surface area (Å²) in [5.74, 6) is 0.910. The molecule has 0 N–H and O–H groups in total. The second-order valence-corrected chi connectivity index (χ2v) is 6.70. The van der Waals surface area contributed by atoms with Gasteiger partial charge in [0, 0.05) is 19.8 Å². The van der Waals surface area contributed by atoms with Crippen molar-refractivity contribution in [1.82, 2.24) is 9.55 Å². The molecule has 1 saturated heterocycles. The van der Waals surface area contributed by atoms with Crippen LogP contribution in [-0.4, -0.2) is 22.8 Å². The van der Waals surface area contributed by atoms with Crippen molar-refractivity contribution < 1.29 is 4.74 Å². The summed E-state index contributed by atoms with van der Waals surface area (Å²) in [7, 11) is 0. The van der Waals surface area contributed by atoms with Gasteiger partial charge in [-0.25, -0.2) is 0 Å². The predicted octanol–water partition coefficient (Wildman–Crippen LogP) is 2.85. The van der Waals surface area contributed by atoms with Gasteiger partial charge in [-0.2, -0.15) is 4.98 Å². The quantitative estimate of drug-likeness (QED) is 0.640. The van der Waals surface area contributed by atoms with E-state index in [1.54, 1.807) is 0 Å². The van der Waals surface area contributed by atoms with Crippen molar-refractivity contribution in [2.75, 3.05) is 13.2 Å². The smallest absolute Gasteiger partial charge is 0.280 e. The fourth-order valence-electron chi connectivity index (χ4n) is 4.37. The van der Waals surface area contributed by atoms with Crippen molar-refractivity contribution in [3.63, 3.8) is 0 Å². The van der Waals surface area contributed by atoms with Gasteiger partial charge in [0.2, 0.25) is 0 Å². The average Bonchev–Trinajstić information content (AvgIpc) is 2.64. The normalized spacial score (nSPS) is 18.3. The van der Waals surface area contributed by atoms with Crippen LogP contribution in [0.4, 0.5) is 0 Å². The molecule has 0 saturated carbocycles. The molecule has 0 aliphatic carbocycles. The Bertz CT molecular complexity index is 1000. The summed E-state index contributed by atoms with van der Waals surface area (Å²) in [6.07, 6.45) is 1.74. The number of benzene rings is 2. The first-order valence-electron chi connectivity index (χ1n) is 8.46. The summed E-state index contributed by atoms with van der Waals surface area (Å²) in [5, 5.41) is 0.697. The van der Waals surface area contributed by atoms with Crippen LogP contribution in [0.15, 0.2) is 53.3 Å². The van der Waals surface area contributed by atoms with Crippen molar-refractivity contribution in [2.24, 2.45) is 0 Å². The Labute approximate surface area is 139 Å². The minimum Gasteiger partial charge on any atom is -0.381 e. The highest BCUT2D eigenvalue weighted by Gasteiger charge is 2.44. The van der Waals surface area contributed by atoms with Crippen LogP contribution in [0, 0.1) is 0 Å². The lowest BCUT2D eigenvalue weighted by molar-refractivity contribution is 0.0575. The lowest BCUT2D eigenvalue weighted by Gasteiger charge is -2.43. The molecule has 4 heteroatoms. The Kier molecular flexibility index (Phi) is 2.91. The van der Waals surface area contributed by atoms with Gasteiger partial charge in [0.05, 0.1) is 16.3 Å². The van der Waals surface area contributed by atoms with E-state index in [4.69, 9.17) is 4.74 Å². The minimum atomic E-state index is -0.212. The predicted molar refractivity (Wildman–Crippen MR) is 92.4 cm³/mol. The lowest BCUT2D eigenvalue weighted by atomic mass is 9.70. The van der Waals surface area contributed by atoms with E-state index in [-0.39, 0.29) is 11.0 Å². The highest BCUT2D eigenvalue weighted by atomic mass is 16.5. The summed E-state index contributed by atoms with van der Waals surface area (Å²) >= 11 is 0. The van der Waals surface area contributed by atoms with Gasteiger partial charge in [0.15, 0.2) is 0 Å². The van der Waals surface area contributed by atoms with Gasteiger partial charge < -0.3 is 9.30 Å². The molecule has 2 aliphatic rings. The van der Waals surface area contributed by atoms with Gasteiger partial charge in [0.1, 0.15) is 5.82 Å². The fourth-order valence-corrected chi connectivity index (χ4v) is 4.37. The van der Waals surface area contributed by atoms with E-state index < -0.39 is 0 Å². The first-order chi connectivity index (χ1) is 11.8. The maximum Gasteiger partial charge on any atom is 0.280 e. The van der Waals surface area contributed by atoms with Crippen LogP contribution in [0.2, 0.25) is 0 Å². The van der Waals surface area contributed by atoms with Crippen molar-refractivity contribution >= 4 is 10.9 Å².